The standard InChI is InChI=1S/C17H24N2O2S/c1-6-20-14-9-11(17(3,4)5)8-12(15(14)21-7-2)13-10-22-16(18)19-13/h8-10H,6-7H2,1-5H3,(H2,18,19). The highest BCUT2D eigenvalue weighted by atomic mass is 32.1. The Morgan fingerprint density at radius 1 is 1.14 bits per heavy atom. The summed E-state index contributed by atoms with van der Waals surface area (Å²) in [5.41, 5.74) is 8.75. The quantitative estimate of drug-likeness (QED) is 0.882. The van der Waals surface area contributed by atoms with Crippen LogP contribution >= 0.6 is 11.3 Å². The second-order valence-electron chi connectivity index (χ2n) is 6.04. The lowest BCUT2D eigenvalue weighted by Gasteiger charge is -2.23. The fourth-order valence-corrected chi connectivity index (χ4v) is 2.76. The van der Waals surface area contributed by atoms with Gasteiger partial charge in [-0.1, -0.05) is 20.8 Å². The molecule has 0 saturated heterocycles. The van der Waals surface area contributed by atoms with E-state index in [4.69, 9.17) is 15.2 Å². The molecule has 22 heavy (non-hydrogen) atoms. The Hall–Kier alpha value is -1.75. The van der Waals surface area contributed by atoms with Gasteiger partial charge in [-0.3, -0.25) is 0 Å². The van der Waals surface area contributed by atoms with E-state index in [1.807, 2.05) is 19.2 Å². The van der Waals surface area contributed by atoms with Gasteiger partial charge in [0.2, 0.25) is 0 Å². The van der Waals surface area contributed by atoms with Crippen molar-refractivity contribution in [3.63, 3.8) is 0 Å². The predicted octanol–water partition coefficient (Wildman–Crippen LogP) is 4.49. The molecule has 0 amide bonds. The molecule has 2 aromatic rings. The van der Waals surface area contributed by atoms with Crippen LogP contribution < -0.4 is 15.2 Å². The van der Waals surface area contributed by atoms with E-state index in [0.717, 1.165) is 22.8 Å². The highest BCUT2D eigenvalue weighted by molar-refractivity contribution is 7.13. The van der Waals surface area contributed by atoms with E-state index >= 15 is 0 Å². The van der Waals surface area contributed by atoms with Crippen LogP contribution in [0.1, 0.15) is 40.2 Å². The Morgan fingerprint density at radius 3 is 2.32 bits per heavy atom. The van der Waals surface area contributed by atoms with Crippen LogP contribution in [0.4, 0.5) is 5.13 Å². The molecule has 4 nitrogen and oxygen atoms in total. The molecule has 1 heterocycles. The van der Waals surface area contributed by atoms with Gasteiger partial charge < -0.3 is 15.2 Å². The van der Waals surface area contributed by atoms with Crippen molar-refractivity contribution in [3.8, 4) is 22.8 Å². The van der Waals surface area contributed by atoms with E-state index in [-0.39, 0.29) is 5.41 Å². The van der Waals surface area contributed by atoms with Crippen LogP contribution in [-0.4, -0.2) is 18.2 Å². The molecule has 0 unspecified atom stereocenters. The predicted molar refractivity (Wildman–Crippen MR) is 93.0 cm³/mol. The zero-order valence-electron chi connectivity index (χ0n) is 13.9. The van der Waals surface area contributed by atoms with Crippen LogP contribution in [0.25, 0.3) is 11.3 Å². The van der Waals surface area contributed by atoms with Crippen LogP contribution in [0.15, 0.2) is 17.5 Å². The topological polar surface area (TPSA) is 57.4 Å². The molecule has 0 radical (unpaired) electrons. The van der Waals surface area contributed by atoms with Crippen molar-refractivity contribution in [3.05, 3.63) is 23.1 Å². The average molecular weight is 320 g/mol. The Labute approximate surface area is 136 Å². The summed E-state index contributed by atoms with van der Waals surface area (Å²) in [4.78, 5) is 4.41. The lowest BCUT2D eigenvalue weighted by Crippen LogP contribution is -2.12. The van der Waals surface area contributed by atoms with Gasteiger partial charge in [0, 0.05) is 10.9 Å². The summed E-state index contributed by atoms with van der Waals surface area (Å²) in [6.07, 6.45) is 0. The fourth-order valence-electron chi connectivity index (χ4n) is 2.19. The van der Waals surface area contributed by atoms with E-state index in [9.17, 15) is 0 Å². The number of thiazole rings is 1. The summed E-state index contributed by atoms with van der Waals surface area (Å²) in [7, 11) is 0. The maximum atomic E-state index is 5.85. The van der Waals surface area contributed by atoms with Gasteiger partial charge in [-0.15, -0.1) is 11.3 Å². The maximum absolute atomic E-state index is 5.85. The molecule has 1 aromatic carbocycles. The van der Waals surface area contributed by atoms with Crippen molar-refractivity contribution in [1.82, 2.24) is 4.98 Å². The van der Waals surface area contributed by atoms with Gasteiger partial charge in [0.15, 0.2) is 16.6 Å². The Kier molecular flexibility index (Phi) is 4.96. The number of nitrogens with two attached hydrogens (primary N) is 1. The van der Waals surface area contributed by atoms with Crippen molar-refractivity contribution in [2.75, 3.05) is 18.9 Å². The van der Waals surface area contributed by atoms with E-state index in [2.05, 4.69) is 37.9 Å². The smallest absolute Gasteiger partial charge is 0.180 e. The first-order valence-electron chi connectivity index (χ1n) is 7.52. The van der Waals surface area contributed by atoms with Gasteiger partial charge in [0.25, 0.3) is 0 Å². The average Bonchev–Trinajstić information content (AvgIpc) is 2.86. The number of hydrogen-bond donors (Lipinski definition) is 1. The Morgan fingerprint density at radius 2 is 1.82 bits per heavy atom. The van der Waals surface area contributed by atoms with Gasteiger partial charge in [0.05, 0.1) is 18.9 Å². The van der Waals surface area contributed by atoms with Crippen LogP contribution in [-0.2, 0) is 5.41 Å². The fraction of sp³-hybridized carbons (Fsp3) is 0.471. The molecule has 0 spiro atoms. The van der Waals surface area contributed by atoms with Crippen LogP contribution in [0.5, 0.6) is 11.5 Å². The van der Waals surface area contributed by atoms with E-state index in [1.165, 1.54) is 16.9 Å². The molecule has 2 rings (SSSR count). The second kappa shape index (κ2) is 6.57. The first-order valence-corrected chi connectivity index (χ1v) is 8.40. The van der Waals surface area contributed by atoms with Crippen molar-refractivity contribution in [2.45, 2.75) is 40.0 Å². The zero-order chi connectivity index (χ0) is 16.3. The number of aromatic nitrogens is 1. The summed E-state index contributed by atoms with van der Waals surface area (Å²) < 4.78 is 11.7. The Balaban J connectivity index is 2.68. The van der Waals surface area contributed by atoms with Gasteiger partial charge >= 0.3 is 0 Å². The van der Waals surface area contributed by atoms with Gasteiger partial charge in [0.1, 0.15) is 0 Å². The first kappa shape index (κ1) is 16.6. The highest BCUT2D eigenvalue weighted by Gasteiger charge is 2.22. The molecule has 0 atom stereocenters. The molecule has 0 saturated carbocycles. The lowest BCUT2D eigenvalue weighted by atomic mass is 9.85. The third-order valence-electron chi connectivity index (χ3n) is 3.31. The number of rotatable bonds is 5. The second-order valence-corrected chi connectivity index (χ2v) is 6.93. The van der Waals surface area contributed by atoms with Crippen LogP contribution in [0.2, 0.25) is 0 Å². The molecule has 120 valence electrons. The van der Waals surface area contributed by atoms with Crippen molar-refractivity contribution >= 4 is 16.5 Å². The number of ether oxygens (including phenoxy) is 2. The third-order valence-corrected chi connectivity index (χ3v) is 3.98. The number of nitrogens with zero attached hydrogens (tertiary/aromatic N) is 1. The Bertz CT molecular complexity index is 645. The number of hydrogen-bond acceptors (Lipinski definition) is 5. The normalized spacial score (nSPS) is 11.5. The number of anilines is 1. The maximum Gasteiger partial charge on any atom is 0.180 e. The lowest BCUT2D eigenvalue weighted by molar-refractivity contribution is 0.288. The number of nitrogen functional groups attached to an aromatic ring is 1. The van der Waals surface area contributed by atoms with Gasteiger partial charge in [-0.05, 0) is 37.0 Å². The molecular formula is C17H24N2O2S. The largest absolute Gasteiger partial charge is 0.490 e. The molecule has 2 N–H and O–H groups in total. The SMILES string of the molecule is CCOc1cc(C(C)(C)C)cc(-c2csc(N)n2)c1OCC. The molecule has 0 aliphatic heterocycles. The minimum absolute atomic E-state index is 0.00686. The van der Waals surface area contributed by atoms with Crippen LogP contribution in [0.3, 0.4) is 0 Å². The minimum atomic E-state index is 0.00686. The third kappa shape index (κ3) is 3.53. The van der Waals surface area contributed by atoms with E-state index < -0.39 is 0 Å². The van der Waals surface area contributed by atoms with Gasteiger partial charge in [-0.2, -0.15) is 0 Å². The summed E-state index contributed by atoms with van der Waals surface area (Å²) in [5.74, 6) is 1.50. The van der Waals surface area contributed by atoms with Crippen molar-refractivity contribution in [1.29, 1.82) is 0 Å². The van der Waals surface area contributed by atoms with Crippen molar-refractivity contribution < 1.29 is 9.47 Å². The summed E-state index contributed by atoms with van der Waals surface area (Å²) in [6.45, 7) is 11.6. The van der Waals surface area contributed by atoms with Crippen LogP contribution in [0, 0.1) is 0 Å². The summed E-state index contributed by atoms with van der Waals surface area (Å²) in [5, 5.41) is 2.51. The van der Waals surface area contributed by atoms with E-state index in [1.54, 1.807) is 0 Å². The molecule has 0 bridgehead atoms. The molecule has 1 aromatic heterocycles. The summed E-state index contributed by atoms with van der Waals surface area (Å²) in [6, 6.07) is 4.19. The molecule has 0 aliphatic rings. The zero-order valence-corrected chi connectivity index (χ0v) is 14.7. The number of benzene rings is 1. The monoisotopic (exact) mass is 320 g/mol. The molecule has 0 fully saturated rings. The minimum Gasteiger partial charge on any atom is -0.490 e. The highest BCUT2D eigenvalue weighted by Crippen LogP contribution is 2.42. The summed E-state index contributed by atoms with van der Waals surface area (Å²) >= 11 is 1.43. The van der Waals surface area contributed by atoms with Gasteiger partial charge in [-0.25, -0.2) is 4.98 Å². The molecule has 0 aliphatic carbocycles. The molecule has 5 heteroatoms. The molecular weight excluding hydrogens is 296 g/mol. The van der Waals surface area contributed by atoms with E-state index in [0.29, 0.717) is 18.3 Å². The first-order chi connectivity index (χ1) is 10.4. The van der Waals surface area contributed by atoms with Crippen molar-refractivity contribution in [2.24, 2.45) is 0 Å².